The van der Waals surface area contributed by atoms with Crippen LogP contribution in [0.5, 0.6) is 0 Å². The minimum absolute atomic E-state index is 0.0876. The molecule has 2 aromatic carbocycles. The fraction of sp³-hybridized carbons (Fsp3) is 0.167. The molecule has 2 atom stereocenters. The van der Waals surface area contributed by atoms with E-state index in [9.17, 15) is 24.5 Å². The van der Waals surface area contributed by atoms with Crippen LogP contribution in [0.1, 0.15) is 28.9 Å². The Kier molecular flexibility index (Phi) is 5.27. The van der Waals surface area contributed by atoms with Gasteiger partial charge in [-0.25, -0.2) is 5.01 Å². The minimum Gasteiger partial charge on any atom is -0.326 e. The van der Waals surface area contributed by atoms with Crippen LogP contribution >= 0.6 is 11.6 Å². The largest absolute Gasteiger partial charge is 0.326 e. The summed E-state index contributed by atoms with van der Waals surface area (Å²) in [5, 5.41) is 13.6. The van der Waals surface area contributed by atoms with E-state index in [4.69, 9.17) is 11.6 Å². The summed E-state index contributed by atoms with van der Waals surface area (Å²) in [5.41, 5.74) is 3.79. The third kappa shape index (κ3) is 3.79. The van der Waals surface area contributed by atoms with Gasteiger partial charge in [0.1, 0.15) is 11.4 Å². The van der Waals surface area contributed by atoms with E-state index in [0.717, 1.165) is 5.01 Å². The Balaban J connectivity index is 1.72. The van der Waals surface area contributed by atoms with Crippen molar-refractivity contribution in [1.82, 2.24) is 10.4 Å². The highest BCUT2D eigenvalue weighted by Crippen LogP contribution is 2.37. The molecule has 2 aromatic rings. The maximum absolute atomic E-state index is 12.4. The van der Waals surface area contributed by atoms with E-state index in [1.165, 1.54) is 43.3 Å². The van der Waals surface area contributed by atoms with Gasteiger partial charge in [0.25, 0.3) is 17.5 Å². The number of anilines is 1. The first kappa shape index (κ1) is 19.3. The van der Waals surface area contributed by atoms with Crippen LogP contribution in [0, 0.1) is 10.1 Å². The van der Waals surface area contributed by atoms with Crippen molar-refractivity contribution in [2.45, 2.75) is 18.3 Å². The van der Waals surface area contributed by atoms with E-state index >= 15 is 0 Å². The highest BCUT2D eigenvalue weighted by molar-refractivity contribution is 6.33. The van der Waals surface area contributed by atoms with Crippen LogP contribution in [0.25, 0.3) is 0 Å². The summed E-state index contributed by atoms with van der Waals surface area (Å²) in [7, 11) is 0. The van der Waals surface area contributed by atoms with Gasteiger partial charge in [-0.3, -0.25) is 29.9 Å². The SMILES string of the molecule is CC(=O)Nc1ccc(C(=O)NN2C(=O)C(Cl)C2c2ccc([N+](=O)[O-])cc2)cc1. The van der Waals surface area contributed by atoms with E-state index in [-0.39, 0.29) is 17.2 Å². The molecule has 1 aliphatic rings. The predicted molar refractivity (Wildman–Crippen MR) is 101 cm³/mol. The Bertz CT molecular complexity index is 945. The number of alkyl halides is 1. The van der Waals surface area contributed by atoms with Crippen molar-refractivity contribution in [2.24, 2.45) is 0 Å². The minimum atomic E-state index is -0.885. The highest BCUT2D eigenvalue weighted by Gasteiger charge is 2.48. The first-order valence-corrected chi connectivity index (χ1v) is 8.61. The number of carbonyl (C=O) groups excluding carboxylic acids is 3. The summed E-state index contributed by atoms with van der Waals surface area (Å²) in [6.07, 6.45) is 0. The number of benzene rings is 2. The number of hydrazine groups is 1. The van der Waals surface area contributed by atoms with Crippen molar-refractivity contribution in [2.75, 3.05) is 5.32 Å². The van der Waals surface area contributed by atoms with Crippen molar-refractivity contribution in [3.8, 4) is 0 Å². The van der Waals surface area contributed by atoms with Gasteiger partial charge < -0.3 is 5.32 Å². The van der Waals surface area contributed by atoms with E-state index in [0.29, 0.717) is 11.3 Å². The first-order valence-electron chi connectivity index (χ1n) is 8.18. The molecule has 0 radical (unpaired) electrons. The van der Waals surface area contributed by atoms with E-state index in [2.05, 4.69) is 10.7 Å². The molecule has 0 aliphatic carbocycles. The van der Waals surface area contributed by atoms with Gasteiger partial charge in [-0.05, 0) is 42.0 Å². The molecule has 3 amide bonds. The van der Waals surface area contributed by atoms with E-state index in [1.54, 1.807) is 12.1 Å². The molecule has 1 saturated heterocycles. The zero-order valence-electron chi connectivity index (χ0n) is 14.6. The molecule has 1 aliphatic heterocycles. The number of nitro groups is 1. The number of nitrogens with one attached hydrogen (secondary N) is 2. The molecule has 0 bridgehead atoms. The maximum Gasteiger partial charge on any atom is 0.269 e. The average Bonchev–Trinajstić information content (AvgIpc) is 2.67. The zero-order valence-corrected chi connectivity index (χ0v) is 15.3. The number of hydrogen-bond acceptors (Lipinski definition) is 5. The van der Waals surface area contributed by atoms with Gasteiger partial charge in [-0.15, -0.1) is 11.6 Å². The molecule has 2 unspecified atom stereocenters. The maximum atomic E-state index is 12.4. The van der Waals surface area contributed by atoms with Gasteiger partial charge in [0.2, 0.25) is 5.91 Å². The van der Waals surface area contributed by atoms with Crippen LogP contribution in [0.15, 0.2) is 48.5 Å². The highest BCUT2D eigenvalue weighted by atomic mass is 35.5. The number of amides is 3. The second kappa shape index (κ2) is 7.65. The summed E-state index contributed by atoms with van der Waals surface area (Å²) >= 11 is 6.08. The molecule has 3 rings (SSSR count). The lowest BCUT2D eigenvalue weighted by atomic mass is 9.95. The average molecular weight is 403 g/mol. The lowest BCUT2D eigenvalue weighted by molar-refractivity contribution is -0.384. The Morgan fingerprint density at radius 3 is 2.25 bits per heavy atom. The number of nitro benzene ring substituents is 1. The number of rotatable bonds is 5. The molecular formula is C18H15ClN4O5. The molecule has 28 heavy (non-hydrogen) atoms. The number of nitrogens with zero attached hydrogens (tertiary/aromatic N) is 2. The van der Waals surface area contributed by atoms with Crippen molar-refractivity contribution < 1.29 is 19.3 Å². The van der Waals surface area contributed by atoms with Crippen molar-refractivity contribution >= 4 is 40.7 Å². The third-order valence-electron chi connectivity index (χ3n) is 4.16. The van der Waals surface area contributed by atoms with Gasteiger partial charge >= 0.3 is 0 Å². The lowest BCUT2D eigenvalue weighted by Gasteiger charge is -2.43. The van der Waals surface area contributed by atoms with Crippen LogP contribution < -0.4 is 10.7 Å². The molecule has 9 nitrogen and oxygen atoms in total. The van der Waals surface area contributed by atoms with Gasteiger partial charge in [0.05, 0.1) is 4.92 Å². The zero-order chi connectivity index (χ0) is 20.4. The quantitative estimate of drug-likeness (QED) is 0.344. The number of β-lactam (4-membered cyclic amide) rings is 1. The van der Waals surface area contributed by atoms with Crippen molar-refractivity contribution in [1.29, 1.82) is 0 Å². The Morgan fingerprint density at radius 2 is 1.71 bits per heavy atom. The number of halogens is 1. The second-order valence-corrected chi connectivity index (χ2v) is 6.57. The van der Waals surface area contributed by atoms with Gasteiger partial charge in [-0.1, -0.05) is 0 Å². The summed E-state index contributed by atoms with van der Waals surface area (Å²) in [5.74, 6) is -1.24. The summed E-state index contributed by atoms with van der Waals surface area (Å²) in [4.78, 5) is 45.8. The Hall–Kier alpha value is -3.46. The molecule has 0 spiro atoms. The van der Waals surface area contributed by atoms with Gasteiger partial charge in [0.15, 0.2) is 0 Å². The normalized spacial score (nSPS) is 18.2. The monoisotopic (exact) mass is 402 g/mol. The first-order chi connectivity index (χ1) is 13.3. The fourth-order valence-corrected chi connectivity index (χ4v) is 3.14. The Labute approximate surface area is 164 Å². The Morgan fingerprint density at radius 1 is 1.11 bits per heavy atom. The van der Waals surface area contributed by atoms with Crippen molar-refractivity contribution in [3.05, 3.63) is 69.8 Å². The number of hydrogen-bond donors (Lipinski definition) is 2. The molecule has 10 heteroatoms. The third-order valence-corrected chi connectivity index (χ3v) is 4.59. The summed E-state index contributed by atoms with van der Waals surface area (Å²) < 4.78 is 0. The molecule has 2 N–H and O–H groups in total. The lowest BCUT2D eigenvalue weighted by Crippen LogP contribution is -2.63. The molecular weight excluding hydrogens is 388 g/mol. The predicted octanol–water partition coefficient (Wildman–Crippen LogP) is 2.39. The smallest absolute Gasteiger partial charge is 0.269 e. The summed E-state index contributed by atoms with van der Waals surface area (Å²) in [6.45, 7) is 1.37. The molecule has 0 saturated carbocycles. The van der Waals surface area contributed by atoms with Crippen LogP contribution in [-0.4, -0.2) is 33.0 Å². The van der Waals surface area contributed by atoms with E-state index in [1.807, 2.05) is 0 Å². The van der Waals surface area contributed by atoms with Crippen LogP contribution in [0.3, 0.4) is 0 Å². The molecule has 144 valence electrons. The van der Waals surface area contributed by atoms with Crippen LogP contribution in [0.4, 0.5) is 11.4 Å². The molecule has 0 aromatic heterocycles. The van der Waals surface area contributed by atoms with Gasteiger partial charge in [0, 0.05) is 30.3 Å². The molecule has 1 heterocycles. The second-order valence-electron chi connectivity index (χ2n) is 6.10. The number of carbonyl (C=O) groups is 3. The number of non-ortho nitro benzene ring substituents is 1. The van der Waals surface area contributed by atoms with Gasteiger partial charge in [-0.2, -0.15) is 0 Å². The van der Waals surface area contributed by atoms with Crippen LogP contribution in [0.2, 0.25) is 0 Å². The van der Waals surface area contributed by atoms with Crippen molar-refractivity contribution in [3.63, 3.8) is 0 Å². The molecule has 1 fully saturated rings. The van der Waals surface area contributed by atoms with Crippen LogP contribution in [-0.2, 0) is 9.59 Å². The topological polar surface area (TPSA) is 122 Å². The fourth-order valence-electron chi connectivity index (χ4n) is 2.77. The van der Waals surface area contributed by atoms with E-state index < -0.39 is 28.2 Å². The summed E-state index contributed by atoms with van der Waals surface area (Å²) in [6, 6.07) is 11.1. The standard InChI is InChI=1S/C18H15ClN4O5/c1-10(24)20-13-6-2-12(3-7-13)17(25)21-22-16(15(19)18(22)26)11-4-8-14(9-5-11)23(27)28/h2-9,15-16H,1H3,(H,20,24)(H,21,25).